The highest BCUT2D eigenvalue weighted by Gasteiger charge is 2.36. The molecule has 2 N–H and O–H groups in total. The zero-order valence-electron chi connectivity index (χ0n) is 14.6. The van der Waals surface area contributed by atoms with E-state index in [1.165, 1.54) is 0 Å². The van der Waals surface area contributed by atoms with E-state index < -0.39 is 39.1 Å². The van der Waals surface area contributed by atoms with Crippen LogP contribution >= 0.6 is 0 Å². The molecule has 2 aliphatic heterocycles. The van der Waals surface area contributed by atoms with Gasteiger partial charge in [0.25, 0.3) is 0 Å². The van der Waals surface area contributed by atoms with Crippen molar-refractivity contribution in [1.82, 2.24) is 14.9 Å². The van der Waals surface area contributed by atoms with Gasteiger partial charge < -0.3 is 5.32 Å². The lowest BCUT2D eigenvalue weighted by molar-refractivity contribution is -0.137. The van der Waals surface area contributed by atoms with Crippen LogP contribution in [0, 0.1) is 0 Å². The number of halogens is 3. The maximum atomic E-state index is 12.7. The van der Waals surface area contributed by atoms with Crippen molar-refractivity contribution in [1.29, 1.82) is 0 Å². The van der Waals surface area contributed by atoms with Crippen molar-refractivity contribution in [3.05, 3.63) is 29.8 Å². The summed E-state index contributed by atoms with van der Waals surface area (Å²) in [7, 11) is -4.22. The smallest absolute Gasteiger partial charge is 0.351 e. The van der Waals surface area contributed by atoms with Crippen molar-refractivity contribution in [2.45, 2.75) is 48.8 Å². The number of piperidine rings is 1. The van der Waals surface area contributed by atoms with E-state index in [1.807, 2.05) is 0 Å². The summed E-state index contributed by atoms with van der Waals surface area (Å²) in [4.78, 5) is 14.0. The van der Waals surface area contributed by atoms with Crippen molar-refractivity contribution in [3.63, 3.8) is 0 Å². The third kappa shape index (κ3) is 4.80. The fraction of sp³-hybridized carbons (Fsp3) is 0.588. The molecule has 2 aliphatic rings. The Morgan fingerprint density at radius 1 is 1.19 bits per heavy atom. The molecular weight excluding hydrogens is 383 g/mol. The van der Waals surface area contributed by atoms with Gasteiger partial charge in [-0.2, -0.15) is 13.2 Å². The van der Waals surface area contributed by atoms with E-state index in [2.05, 4.69) is 14.9 Å². The van der Waals surface area contributed by atoms with Crippen molar-refractivity contribution < 1.29 is 26.4 Å². The number of nitrogens with zero attached hydrogens (tertiary/aromatic N) is 1. The first-order valence-electron chi connectivity index (χ1n) is 8.87. The minimum absolute atomic E-state index is 0.0177. The molecule has 2 unspecified atom stereocenters. The van der Waals surface area contributed by atoms with Gasteiger partial charge in [-0.15, -0.1) is 0 Å². The second-order valence-electron chi connectivity index (χ2n) is 6.91. The number of fused-ring (bicyclic) bond motifs is 1. The molecule has 6 nitrogen and oxygen atoms in total. The lowest BCUT2D eigenvalue weighted by atomic mass is 9.99. The SMILES string of the molecule is O=C(CNS(=O)(=O)c1cccc(C(F)(F)F)c1)NC1CCN2CCCCC12. The van der Waals surface area contributed by atoms with Crippen LogP contribution in [0.25, 0.3) is 0 Å². The van der Waals surface area contributed by atoms with Crippen LogP contribution in [0.4, 0.5) is 13.2 Å². The van der Waals surface area contributed by atoms with Gasteiger partial charge in [0.05, 0.1) is 17.0 Å². The van der Waals surface area contributed by atoms with Crippen LogP contribution in [-0.2, 0) is 21.0 Å². The second-order valence-corrected chi connectivity index (χ2v) is 8.68. The number of rotatable bonds is 5. The Hall–Kier alpha value is -1.65. The molecule has 10 heteroatoms. The molecule has 1 aromatic carbocycles. The normalized spacial score (nSPS) is 23.8. The Bertz CT molecular complexity index is 798. The molecule has 0 bridgehead atoms. The number of carbonyl (C=O) groups is 1. The van der Waals surface area contributed by atoms with Gasteiger partial charge in [0.15, 0.2) is 0 Å². The Kier molecular flexibility index (Phi) is 5.78. The van der Waals surface area contributed by atoms with Crippen LogP contribution in [0.5, 0.6) is 0 Å². The highest BCUT2D eigenvalue weighted by Crippen LogP contribution is 2.30. The van der Waals surface area contributed by atoms with Crippen LogP contribution in [0.3, 0.4) is 0 Å². The van der Waals surface area contributed by atoms with E-state index in [1.54, 1.807) is 0 Å². The minimum Gasteiger partial charge on any atom is -0.351 e. The zero-order valence-corrected chi connectivity index (χ0v) is 15.4. The first kappa shape index (κ1) is 20.1. The van der Waals surface area contributed by atoms with Gasteiger partial charge in [0.1, 0.15) is 0 Å². The molecule has 0 spiro atoms. The van der Waals surface area contributed by atoms with Crippen LogP contribution in [-0.4, -0.2) is 50.9 Å². The molecule has 2 atom stereocenters. The van der Waals surface area contributed by atoms with Crippen LogP contribution in [0.15, 0.2) is 29.2 Å². The van der Waals surface area contributed by atoms with Gasteiger partial charge in [-0.1, -0.05) is 12.5 Å². The maximum Gasteiger partial charge on any atom is 0.416 e. The quantitative estimate of drug-likeness (QED) is 0.782. The number of carbonyl (C=O) groups excluding carboxylic acids is 1. The molecule has 1 amide bonds. The number of nitrogens with one attached hydrogen (secondary N) is 2. The molecular formula is C17H22F3N3O3S. The molecule has 1 aromatic rings. The average molecular weight is 405 g/mol. The molecule has 0 saturated carbocycles. The van der Waals surface area contributed by atoms with Gasteiger partial charge in [-0.05, 0) is 44.0 Å². The molecule has 27 heavy (non-hydrogen) atoms. The van der Waals surface area contributed by atoms with Crippen molar-refractivity contribution >= 4 is 15.9 Å². The number of hydrogen-bond donors (Lipinski definition) is 2. The highest BCUT2D eigenvalue weighted by molar-refractivity contribution is 7.89. The van der Waals surface area contributed by atoms with E-state index in [0.29, 0.717) is 6.07 Å². The first-order chi connectivity index (χ1) is 12.7. The lowest BCUT2D eigenvalue weighted by Gasteiger charge is -2.32. The molecule has 2 heterocycles. The molecule has 0 aromatic heterocycles. The molecule has 2 fully saturated rings. The molecule has 0 radical (unpaired) electrons. The average Bonchev–Trinajstić information content (AvgIpc) is 3.03. The Morgan fingerprint density at radius 2 is 1.96 bits per heavy atom. The van der Waals surface area contributed by atoms with Gasteiger partial charge in [-0.3, -0.25) is 9.69 Å². The van der Waals surface area contributed by atoms with E-state index in [0.717, 1.165) is 57.0 Å². The lowest BCUT2D eigenvalue weighted by Crippen LogP contribution is -2.49. The van der Waals surface area contributed by atoms with Gasteiger partial charge >= 0.3 is 6.18 Å². The predicted octanol–water partition coefficient (Wildman–Crippen LogP) is 1.73. The predicted molar refractivity (Wildman–Crippen MR) is 92.4 cm³/mol. The largest absolute Gasteiger partial charge is 0.416 e. The number of amides is 1. The summed E-state index contributed by atoms with van der Waals surface area (Å²) in [5.41, 5.74) is -1.06. The van der Waals surface area contributed by atoms with Crippen LogP contribution in [0.1, 0.15) is 31.2 Å². The Balaban J connectivity index is 1.58. The summed E-state index contributed by atoms with van der Waals surface area (Å²) in [6.07, 6.45) is -0.571. The van der Waals surface area contributed by atoms with Crippen LogP contribution < -0.4 is 10.0 Å². The second kappa shape index (κ2) is 7.76. The van der Waals surface area contributed by atoms with Gasteiger partial charge in [0, 0.05) is 18.6 Å². The third-order valence-electron chi connectivity index (χ3n) is 5.10. The Labute approximate surface area is 156 Å². The van der Waals surface area contributed by atoms with E-state index in [9.17, 15) is 26.4 Å². The van der Waals surface area contributed by atoms with Crippen molar-refractivity contribution in [3.8, 4) is 0 Å². The topological polar surface area (TPSA) is 78.5 Å². The molecule has 3 rings (SSSR count). The fourth-order valence-corrected chi connectivity index (χ4v) is 4.78. The third-order valence-corrected chi connectivity index (χ3v) is 6.50. The summed E-state index contributed by atoms with van der Waals surface area (Å²) in [5, 5.41) is 2.85. The number of sulfonamides is 1. The van der Waals surface area contributed by atoms with E-state index in [-0.39, 0.29) is 12.1 Å². The standard InChI is InChI=1S/C17H22F3N3O3S/c18-17(19,20)12-4-3-5-13(10-12)27(25,26)21-11-16(24)22-14-7-9-23-8-2-1-6-15(14)23/h3-5,10,14-15,21H,1-2,6-9,11H2,(H,22,24). The summed E-state index contributed by atoms with van der Waals surface area (Å²) in [6, 6.07) is 3.69. The fourth-order valence-electron chi connectivity index (χ4n) is 3.76. The van der Waals surface area contributed by atoms with Crippen LogP contribution in [0.2, 0.25) is 0 Å². The zero-order chi connectivity index (χ0) is 19.7. The minimum atomic E-state index is -4.64. The first-order valence-corrected chi connectivity index (χ1v) is 10.4. The summed E-state index contributed by atoms with van der Waals surface area (Å²) < 4.78 is 64.8. The number of hydrogen-bond acceptors (Lipinski definition) is 4. The summed E-state index contributed by atoms with van der Waals surface area (Å²) in [5.74, 6) is -0.483. The molecule has 2 saturated heterocycles. The highest BCUT2D eigenvalue weighted by atomic mass is 32.2. The number of alkyl halides is 3. The molecule has 150 valence electrons. The molecule has 0 aliphatic carbocycles. The van der Waals surface area contributed by atoms with Gasteiger partial charge in [-0.25, -0.2) is 13.1 Å². The summed E-state index contributed by atoms with van der Waals surface area (Å²) in [6.45, 7) is 1.41. The van der Waals surface area contributed by atoms with E-state index >= 15 is 0 Å². The summed E-state index contributed by atoms with van der Waals surface area (Å²) >= 11 is 0. The number of benzene rings is 1. The van der Waals surface area contributed by atoms with E-state index in [4.69, 9.17) is 0 Å². The Morgan fingerprint density at radius 3 is 2.70 bits per heavy atom. The monoisotopic (exact) mass is 405 g/mol. The van der Waals surface area contributed by atoms with Crippen molar-refractivity contribution in [2.24, 2.45) is 0 Å². The van der Waals surface area contributed by atoms with Gasteiger partial charge in [0.2, 0.25) is 15.9 Å². The maximum absolute atomic E-state index is 12.7. The van der Waals surface area contributed by atoms with Crippen molar-refractivity contribution in [2.75, 3.05) is 19.6 Å².